The molecule has 0 bridgehead atoms. The van der Waals surface area contributed by atoms with Gasteiger partial charge in [0.15, 0.2) is 21.4 Å². The van der Waals surface area contributed by atoms with E-state index in [0.29, 0.717) is 23.4 Å². The van der Waals surface area contributed by atoms with Crippen LogP contribution < -0.4 is 9.47 Å². The molecule has 0 unspecified atom stereocenters. The minimum Gasteiger partial charge on any atom is -0.497 e. The van der Waals surface area contributed by atoms with Gasteiger partial charge >= 0.3 is 6.18 Å². The van der Waals surface area contributed by atoms with Crippen molar-refractivity contribution in [1.29, 1.82) is 0 Å². The summed E-state index contributed by atoms with van der Waals surface area (Å²) in [6.45, 7) is 1.15. The molecule has 2 heterocycles. The van der Waals surface area contributed by atoms with Crippen molar-refractivity contribution in [2.75, 3.05) is 13.7 Å². The third kappa shape index (κ3) is 4.91. The van der Waals surface area contributed by atoms with Crippen LogP contribution in [0.1, 0.15) is 42.9 Å². The highest BCUT2D eigenvalue weighted by Gasteiger charge is 2.65. The molecule has 2 fully saturated rings. The van der Waals surface area contributed by atoms with E-state index in [4.69, 9.17) is 9.47 Å². The predicted molar refractivity (Wildman–Crippen MR) is 154 cm³/mol. The Kier molecular flexibility index (Phi) is 7.72. The highest BCUT2D eigenvalue weighted by molar-refractivity contribution is 7.92. The van der Waals surface area contributed by atoms with Crippen LogP contribution in [0.3, 0.4) is 0 Å². The molecule has 7 nitrogen and oxygen atoms in total. The molecule has 3 aromatic rings. The van der Waals surface area contributed by atoms with Crippen LogP contribution >= 0.6 is 0 Å². The van der Waals surface area contributed by atoms with Gasteiger partial charge in [0, 0.05) is 18.5 Å². The van der Waals surface area contributed by atoms with E-state index in [9.17, 15) is 30.0 Å². The van der Waals surface area contributed by atoms with E-state index in [1.807, 2.05) is 0 Å². The van der Waals surface area contributed by atoms with Crippen LogP contribution in [0.15, 0.2) is 65.6 Å². The third-order valence-electron chi connectivity index (χ3n) is 9.59. The molecule has 3 aromatic carbocycles. The van der Waals surface area contributed by atoms with E-state index < -0.39 is 87.3 Å². The Morgan fingerprint density at radius 2 is 1.64 bits per heavy atom. The number of hydrogen-bond acceptors (Lipinski definition) is 6. The van der Waals surface area contributed by atoms with Gasteiger partial charge < -0.3 is 9.47 Å². The van der Waals surface area contributed by atoms with Gasteiger partial charge in [-0.2, -0.15) is 17.5 Å². The maximum atomic E-state index is 15.8. The fourth-order valence-corrected chi connectivity index (χ4v) is 11.7. The first-order chi connectivity index (χ1) is 21.1. The summed E-state index contributed by atoms with van der Waals surface area (Å²) in [7, 11) is -7.07. The lowest BCUT2D eigenvalue weighted by Crippen LogP contribution is -2.64. The highest BCUT2D eigenvalue weighted by Crippen LogP contribution is 2.60. The maximum Gasteiger partial charge on any atom is 0.416 e. The molecule has 14 heteroatoms. The van der Waals surface area contributed by atoms with Crippen LogP contribution in [0.25, 0.3) is 0 Å². The Bertz CT molecular complexity index is 1830. The number of methoxy groups -OCH3 is 1. The Labute approximate surface area is 257 Å². The number of sulfonamides is 1. The molecular formula is C31H30F5NO6S2. The molecule has 5 atom stereocenters. The number of fused-ring (bicyclic) bond motifs is 5. The van der Waals surface area contributed by atoms with Crippen molar-refractivity contribution in [2.24, 2.45) is 11.8 Å². The molecule has 1 saturated carbocycles. The Balaban J connectivity index is 1.50. The minimum absolute atomic E-state index is 0.0103. The molecule has 1 aliphatic carbocycles. The zero-order valence-corrected chi connectivity index (χ0v) is 25.9. The minimum atomic E-state index is -4.72. The van der Waals surface area contributed by atoms with Crippen molar-refractivity contribution in [2.45, 2.75) is 59.8 Å². The van der Waals surface area contributed by atoms with Gasteiger partial charge in [-0.15, -0.1) is 0 Å². The molecule has 0 spiro atoms. The molecule has 0 radical (unpaired) electrons. The van der Waals surface area contributed by atoms with Gasteiger partial charge in [0.05, 0.1) is 35.0 Å². The Morgan fingerprint density at radius 1 is 1.00 bits per heavy atom. The van der Waals surface area contributed by atoms with E-state index in [2.05, 4.69) is 0 Å². The van der Waals surface area contributed by atoms with Crippen molar-refractivity contribution in [3.05, 3.63) is 89.0 Å². The number of benzene rings is 3. The van der Waals surface area contributed by atoms with Crippen molar-refractivity contribution in [1.82, 2.24) is 4.31 Å². The average molecular weight is 672 g/mol. The molecule has 2 aliphatic heterocycles. The molecule has 3 aliphatic rings. The van der Waals surface area contributed by atoms with Crippen molar-refractivity contribution < 1.29 is 48.3 Å². The standard InChI is InChI=1S/C31H30F5NO6S2/c1-18-15-23-24-17-43-29-26(33)12-11-25(32)28(29)30(24,44(38,39)22-9-5-20(6-10-22)31(34,35)36)14-13-27(23)37(45(18,40)41)16-19-3-7-21(42-2)8-4-19/h3-12,18,23-24,27H,13-17H2,1-2H3/t18-,23+,24+,27-,30+/m1/s1. The lowest BCUT2D eigenvalue weighted by molar-refractivity contribution is -0.137. The molecule has 1 saturated heterocycles. The van der Waals surface area contributed by atoms with Crippen molar-refractivity contribution in [3.8, 4) is 11.5 Å². The lowest BCUT2D eigenvalue weighted by atomic mass is 9.64. The van der Waals surface area contributed by atoms with Crippen molar-refractivity contribution >= 4 is 19.9 Å². The average Bonchev–Trinajstić information content (AvgIpc) is 3.00. The van der Waals surface area contributed by atoms with Crippen LogP contribution in [0.4, 0.5) is 22.0 Å². The summed E-state index contributed by atoms with van der Waals surface area (Å²) < 4.78 is 138. The van der Waals surface area contributed by atoms with E-state index in [1.54, 1.807) is 24.3 Å². The number of ether oxygens (including phenoxy) is 2. The summed E-state index contributed by atoms with van der Waals surface area (Å²) in [6.07, 6.45) is -5.05. The first kappa shape index (κ1) is 31.7. The molecular weight excluding hydrogens is 641 g/mol. The highest BCUT2D eigenvalue weighted by atomic mass is 32.2. The van der Waals surface area contributed by atoms with Gasteiger partial charge in [-0.3, -0.25) is 0 Å². The van der Waals surface area contributed by atoms with Gasteiger partial charge in [-0.1, -0.05) is 12.1 Å². The summed E-state index contributed by atoms with van der Waals surface area (Å²) in [5.41, 5.74) is -0.913. The monoisotopic (exact) mass is 671 g/mol. The lowest BCUT2D eigenvalue weighted by Gasteiger charge is -2.57. The fraction of sp³-hybridized carbons (Fsp3) is 0.419. The summed E-state index contributed by atoms with van der Waals surface area (Å²) in [5, 5.41) is -0.944. The van der Waals surface area contributed by atoms with E-state index >= 15 is 8.78 Å². The number of hydrogen-bond donors (Lipinski definition) is 0. The van der Waals surface area contributed by atoms with Gasteiger partial charge in [-0.05, 0) is 86.2 Å². The van der Waals surface area contributed by atoms with E-state index in [-0.39, 0.29) is 32.4 Å². The molecule has 45 heavy (non-hydrogen) atoms. The zero-order valence-electron chi connectivity index (χ0n) is 24.2. The van der Waals surface area contributed by atoms with Crippen LogP contribution in [-0.4, -0.2) is 46.1 Å². The van der Waals surface area contributed by atoms with Gasteiger partial charge in [0.2, 0.25) is 10.0 Å². The van der Waals surface area contributed by atoms with Crippen LogP contribution in [0.2, 0.25) is 0 Å². The second-order valence-corrected chi connectivity index (χ2v) is 16.3. The molecule has 6 rings (SSSR count). The topological polar surface area (TPSA) is 90.0 Å². The first-order valence-corrected chi connectivity index (χ1v) is 17.3. The quantitative estimate of drug-likeness (QED) is 0.306. The van der Waals surface area contributed by atoms with E-state index in [1.165, 1.54) is 18.3 Å². The summed E-state index contributed by atoms with van der Waals surface area (Å²) in [5.74, 6) is -3.72. The molecule has 0 N–H and O–H groups in total. The van der Waals surface area contributed by atoms with Crippen LogP contribution in [0.5, 0.6) is 11.5 Å². The van der Waals surface area contributed by atoms with E-state index in [0.717, 1.165) is 24.3 Å². The smallest absolute Gasteiger partial charge is 0.416 e. The predicted octanol–water partition coefficient (Wildman–Crippen LogP) is 6.07. The summed E-state index contributed by atoms with van der Waals surface area (Å²) >= 11 is 0. The number of alkyl halides is 3. The zero-order chi connectivity index (χ0) is 32.5. The molecule has 0 amide bonds. The largest absolute Gasteiger partial charge is 0.497 e. The fourth-order valence-electron chi connectivity index (χ4n) is 7.41. The third-order valence-corrected chi connectivity index (χ3v) is 14.4. The van der Waals surface area contributed by atoms with Crippen LogP contribution in [-0.2, 0) is 37.3 Å². The normalized spacial score (nSPS) is 27.9. The molecule has 242 valence electrons. The van der Waals surface area contributed by atoms with Gasteiger partial charge in [0.1, 0.15) is 16.3 Å². The van der Waals surface area contributed by atoms with Crippen LogP contribution in [0, 0.1) is 23.5 Å². The summed E-state index contributed by atoms with van der Waals surface area (Å²) in [6, 6.07) is 10.7. The second-order valence-electron chi connectivity index (χ2n) is 11.8. The SMILES string of the molecule is COc1ccc(CN2[C@@H]3CC[C@@]4(S(=O)(=O)c5ccc(C(F)(F)F)cc5)c5c(F)ccc(F)c5OC[C@H]4[C@@H]3C[C@@H](C)S2(=O)=O)cc1. The Morgan fingerprint density at radius 3 is 2.27 bits per heavy atom. The van der Waals surface area contributed by atoms with Gasteiger partial charge in [0.25, 0.3) is 0 Å². The maximum absolute atomic E-state index is 15.8. The number of rotatable bonds is 5. The number of sulfone groups is 1. The molecule has 0 aromatic heterocycles. The van der Waals surface area contributed by atoms with Crippen molar-refractivity contribution in [3.63, 3.8) is 0 Å². The van der Waals surface area contributed by atoms with Gasteiger partial charge in [-0.25, -0.2) is 25.6 Å². The second kappa shape index (κ2) is 10.9. The Hall–Kier alpha value is -3.23. The number of halogens is 5. The summed E-state index contributed by atoms with van der Waals surface area (Å²) in [4.78, 5) is -0.484. The first-order valence-electron chi connectivity index (χ1n) is 14.3. The number of nitrogens with zero attached hydrogens (tertiary/aromatic N) is 1.